The smallest absolute Gasteiger partial charge is 0.210 e. The molecule has 16 heavy (non-hydrogen) atoms. The van der Waals surface area contributed by atoms with Crippen LogP contribution in [0.5, 0.6) is 5.75 Å². The van der Waals surface area contributed by atoms with Gasteiger partial charge in [0.1, 0.15) is 16.4 Å². The zero-order chi connectivity index (χ0) is 11.5. The van der Waals surface area contributed by atoms with Gasteiger partial charge in [0.25, 0.3) is 0 Å². The summed E-state index contributed by atoms with van der Waals surface area (Å²) in [6.07, 6.45) is 1.34. The third-order valence-corrected chi connectivity index (χ3v) is 2.65. The van der Waals surface area contributed by atoms with E-state index in [9.17, 15) is 9.18 Å². The molecule has 1 heterocycles. The highest BCUT2D eigenvalue weighted by Gasteiger charge is 2.17. The predicted octanol–water partition coefficient (Wildman–Crippen LogP) is 1.92. The summed E-state index contributed by atoms with van der Waals surface area (Å²) in [4.78, 5) is 12.3. The molecule has 1 aromatic heterocycles. The number of hydrogen-bond donors (Lipinski definition) is 0. The molecule has 6 heteroatoms. The lowest BCUT2D eigenvalue weighted by Crippen LogP contribution is -2.02. The molecule has 1 aromatic carbocycles. The van der Waals surface area contributed by atoms with Gasteiger partial charge in [-0.2, -0.15) is 0 Å². The SMILES string of the molecule is COc1ccc(F)cc1C(=O)c1cnns1. The summed E-state index contributed by atoms with van der Waals surface area (Å²) in [5.41, 5.74) is 0.175. The zero-order valence-electron chi connectivity index (χ0n) is 8.31. The van der Waals surface area contributed by atoms with Crippen molar-refractivity contribution in [2.24, 2.45) is 0 Å². The Balaban J connectivity index is 2.47. The number of hydrogen-bond acceptors (Lipinski definition) is 5. The van der Waals surface area contributed by atoms with Gasteiger partial charge in [-0.15, -0.1) is 5.10 Å². The van der Waals surface area contributed by atoms with Gasteiger partial charge in [0, 0.05) is 0 Å². The first-order valence-electron chi connectivity index (χ1n) is 4.38. The van der Waals surface area contributed by atoms with Crippen molar-refractivity contribution >= 4 is 17.3 Å². The van der Waals surface area contributed by atoms with E-state index in [0.717, 1.165) is 17.6 Å². The molecule has 0 amide bonds. The number of carbonyl (C=O) groups excluding carboxylic acids is 1. The summed E-state index contributed by atoms with van der Waals surface area (Å²) in [6, 6.07) is 3.79. The number of methoxy groups -OCH3 is 1. The minimum absolute atomic E-state index is 0.175. The van der Waals surface area contributed by atoms with E-state index >= 15 is 0 Å². The standard InChI is InChI=1S/C10H7FN2O2S/c1-15-8-3-2-6(11)4-7(8)10(14)9-5-12-13-16-9/h2-5H,1H3. The molecule has 2 rings (SSSR count). The van der Waals surface area contributed by atoms with Crippen LogP contribution in [0, 0.1) is 5.82 Å². The molecule has 0 atom stereocenters. The Bertz CT molecular complexity index is 514. The number of aromatic nitrogens is 2. The molecule has 0 N–H and O–H groups in total. The average Bonchev–Trinajstić information content (AvgIpc) is 2.81. The summed E-state index contributed by atoms with van der Waals surface area (Å²) in [5.74, 6) is -0.493. The molecule has 0 aliphatic heterocycles. The average molecular weight is 238 g/mol. The van der Waals surface area contributed by atoms with Crippen molar-refractivity contribution < 1.29 is 13.9 Å². The van der Waals surface area contributed by atoms with Gasteiger partial charge in [-0.25, -0.2) is 4.39 Å². The lowest BCUT2D eigenvalue weighted by atomic mass is 10.1. The quantitative estimate of drug-likeness (QED) is 0.766. The van der Waals surface area contributed by atoms with Gasteiger partial charge in [0.15, 0.2) is 0 Å². The molecule has 0 saturated heterocycles. The van der Waals surface area contributed by atoms with Crippen LogP contribution in [0.4, 0.5) is 4.39 Å². The summed E-state index contributed by atoms with van der Waals surface area (Å²) < 4.78 is 21.6. The third kappa shape index (κ3) is 1.92. The Labute approximate surface area is 94.8 Å². The fourth-order valence-electron chi connectivity index (χ4n) is 1.26. The van der Waals surface area contributed by atoms with Gasteiger partial charge in [-0.1, -0.05) is 4.49 Å². The lowest BCUT2D eigenvalue weighted by Gasteiger charge is -2.05. The summed E-state index contributed by atoms with van der Waals surface area (Å²) in [6.45, 7) is 0. The predicted molar refractivity (Wildman–Crippen MR) is 56.3 cm³/mol. The summed E-state index contributed by atoms with van der Waals surface area (Å²) >= 11 is 0.962. The van der Waals surface area contributed by atoms with Crippen LogP contribution < -0.4 is 4.74 Å². The van der Waals surface area contributed by atoms with E-state index in [2.05, 4.69) is 9.59 Å². The first kappa shape index (κ1) is 10.7. The van der Waals surface area contributed by atoms with E-state index in [1.54, 1.807) is 0 Å². The van der Waals surface area contributed by atoms with E-state index in [0.29, 0.717) is 10.6 Å². The summed E-state index contributed by atoms with van der Waals surface area (Å²) in [5, 5.41) is 3.56. The monoisotopic (exact) mass is 238 g/mol. The van der Waals surface area contributed by atoms with E-state index < -0.39 is 5.82 Å². The number of ketones is 1. The van der Waals surface area contributed by atoms with E-state index in [4.69, 9.17) is 4.74 Å². The third-order valence-electron chi connectivity index (χ3n) is 1.99. The molecule has 0 spiro atoms. The Morgan fingerprint density at radius 1 is 1.50 bits per heavy atom. The Kier molecular flexibility index (Phi) is 2.91. The van der Waals surface area contributed by atoms with Crippen molar-refractivity contribution in [3.63, 3.8) is 0 Å². The largest absolute Gasteiger partial charge is 0.496 e. The molecule has 0 fully saturated rings. The molecule has 2 aromatic rings. The van der Waals surface area contributed by atoms with Gasteiger partial charge in [0.05, 0.1) is 18.9 Å². The van der Waals surface area contributed by atoms with Crippen molar-refractivity contribution in [3.05, 3.63) is 40.7 Å². The van der Waals surface area contributed by atoms with Gasteiger partial charge in [0.2, 0.25) is 5.78 Å². The van der Waals surface area contributed by atoms with Crippen molar-refractivity contribution in [3.8, 4) is 5.75 Å². The maximum Gasteiger partial charge on any atom is 0.210 e. The number of halogens is 1. The zero-order valence-corrected chi connectivity index (χ0v) is 9.12. The van der Waals surface area contributed by atoms with Crippen molar-refractivity contribution in [1.82, 2.24) is 9.59 Å². The van der Waals surface area contributed by atoms with Crippen molar-refractivity contribution in [2.45, 2.75) is 0 Å². The van der Waals surface area contributed by atoms with Crippen LogP contribution in [0.15, 0.2) is 24.4 Å². The molecule has 0 aliphatic rings. The normalized spacial score (nSPS) is 10.1. The second-order valence-corrected chi connectivity index (χ2v) is 3.74. The molecule has 0 unspecified atom stereocenters. The first-order valence-corrected chi connectivity index (χ1v) is 5.15. The number of nitrogens with zero attached hydrogens (tertiary/aromatic N) is 2. The van der Waals surface area contributed by atoms with E-state index in [1.165, 1.54) is 25.4 Å². The molecule has 4 nitrogen and oxygen atoms in total. The molecular weight excluding hydrogens is 231 g/mol. The first-order chi connectivity index (χ1) is 7.72. The van der Waals surface area contributed by atoms with Crippen LogP contribution in [-0.2, 0) is 0 Å². The highest BCUT2D eigenvalue weighted by atomic mass is 32.1. The number of rotatable bonds is 3. The van der Waals surface area contributed by atoms with Crippen LogP contribution in [0.3, 0.4) is 0 Å². The van der Waals surface area contributed by atoms with E-state index in [1.807, 2.05) is 0 Å². The second kappa shape index (κ2) is 4.36. The van der Waals surface area contributed by atoms with Crippen LogP contribution >= 0.6 is 11.5 Å². The van der Waals surface area contributed by atoms with Crippen LogP contribution in [0.1, 0.15) is 15.2 Å². The molecular formula is C10H7FN2O2S. The maximum atomic E-state index is 13.0. The molecule has 82 valence electrons. The minimum atomic E-state index is -0.485. The highest BCUT2D eigenvalue weighted by Crippen LogP contribution is 2.23. The number of benzene rings is 1. The van der Waals surface area contributed by atoms with Crippen LogP contribution in [0.25, 0.3) is 0 Å². The fraction of sp³-hybridized carbons (Fsp3) is 0.100. The van der Waals surface area contributed by atoms with Gasteiger partial charge < -0.3 is 4.74 Å². The minimum Gasteiger partial charge on any atom is -0.496 e. The Morgan fingerprint density at radius 2 is 2.31 bits per heavy atom. The van der Waals surface area contributed by atoms with Crippen LogP contribution in [-0.4, -0.2) is 22.5 Å². The lowest BCUT2D eigenvalue weighted by molar-refractivity contribution is 0.103. The van der Waals surface area contributed by atoms with Crippen LogP contribution in [0.2, 0.25) is 0 Å². The van der Waals surface area contributed by atoms with Crippen molar-refractivity contribution in [2.75, 3.05) is 7.11 Å². The fourth-order valence-corrected chi connectivity index (χ4v) is 1.73. The van der Waals surface area contributed by atoms with Gasteiger partial charge in [-0.05, 0) is 29.7 Å². The Hall–Kier alpha value is -1.82. The number of carbonyl (C=O) groups is 1. The highest BCUT2D eigenvalue weighted by molar-refractivity contribution is 7.08. The Morgan fingerprint density at radius 3 is 2.94 bits per heavy atom. The second-order valence-electron chi connectivity index (χ2n) is 2.96. The molecule has 0 bridgehead atoms. The molecule has 0 saturated carbocycles. The maximum absolute atomic E-state index is 13.0. The van der Waals surface area contributed by atoms with Crippen molar-refractivity contribution in [1.29, 1.82) is 0 Å². The van der Waals surface area contributed by atoms with E-state index in [-0.39, 0.29) is 11.3 Å². The molecule has 0 radical (unpaired) electrons. The number of ether oxygens (including phenoxy) is 1. The van der Waals surface area contributed by atoms with Gasteiger partial charge in [-0.3, -0.25) is 4.79 Å². The van der Waals surface area contributed by atoms with Gasteiger partial charge >= 0.3 is 0 Å². The molecule has 0 aliphatic carbocycles. The summed E-state index contributed by atoms with van der Waals surface area (Å²) in [7, 11) is 1.43. The topological polar surface area (TPSA) is 52.1 Å².